The highest BCUT2D eigenvalue weighted by atomic mass is 16.5. The molecule has 68 valence electrons. The molecule has 0 saturated heterocycles. The molecule has 2 heteroatoms. The second kappa shape index (κ2) is 6.62. The fraction of sp³-hybridized carbons (Fsp3) is 1.00. The maximum absolute atomic E-state index is 5.56. The molecule has 0 spiro atoms. The van der Waals surface area contributed by atoms with Crippen molar-refractivity contribution in [3.63, 3.8) is 0 Å². The molecule has 0 bridgehead atoms. The lowest BCUT2D eigenvalue weighted by molar-refractivity contribution is -0.0423. The Balaban J connectivity index is 3.51. The quantitative estimate of drug-likeness (QED) is 0.550. The van der Waals surface area contributed by atoms with E-state index in [4.69, 9.17) is 4.74 Å². The van der Waals surface area contributed by atoms with Crippen LogP contribution in [0.15, 0.2) is 0 Å². The van der Waals surface area contributed by atoms with Gasteiger partial charge in [0.05, 0.1) is 0 Å². The van der Waals surface area contributed by atoms with Crippen LogP contribution < -0.4 is 0 Å². The van der Waals surface area contributed by atoms with Gasteiger partial charge in [0.2, 0.25) is 0 Å². The Morgan fingerprint density at radius 2 is 1.73 bits per heavy atom. The molecule has 0 amide bonds. The van der Waals surface area contributed by atoms with Gasteiger partial charge in [0, 0.05) is 6.61 Å². The van der Waals surface area contributed by atoms with Crippen molar-refractivity contribution in [1.82, 2.24) is 4.90 Å². The molecule has 0 aliphatic heterocycles. The lowest BCUT2D eigenvalue weighted by Gasteiger charge is -2.25. The average molecular weight is 159 g/mol. The van der Waals surface area contributed by atoms with Gasteiger partial charge in [-0.05, 0) is 26.4 Å². The third-order valence-corrected chi connectivity index (χ3v) is 1.89. The van der Waals surface area contributed by atoms with Crippen molar-refractivity contribution in [1.29, 1.82) is 0 Å². The predicted molar refractivity (Wildman–Crippen MR) is 48.6 cm³/mol. The van der Waals surface area contributed by atoms with Crippen LogP contribution in [0, 0.1) is 0 Å². The van der Waals surface area contributed by atoms with Gasteiger partial charge in [-0.1, -0.05) is 20.8 Å². The van der Waals surface area contributed by atoms with Crippen LogP contribution in [0.2, 0.25) is 0 Å². The molecule has 0 aromatic heterocycles. The zero-order valence-corrected chi connectivity index (χ0v) is 8.26. The third-order valence-electron chi connectivity index (χ3n) is 1.89. The lowest BCUT2D eigenvalue weighted by atomic mass is 10.4. The maximum atomic E-state index is 5.56. The van der Waals surface area contributed by atoms with Crippen LogP contribution in [0.25, 0.3) is 0 Å². The smallest absolute Gasteiger partial charge is 0.107 e. The number of rotatable bonds is 6. The molecule has 1 unspecified atom stereocenters. The molecule has 0 aliphatic rings. The van der Waals surface area contributed by atoms with Crippen LogP contribution >= 0.6 is 0 Å². The van der Waals surface area contributed by atoms with Crippen molar-refractivity contribution in [2.24, 2.45) is 0 Å². The Hall–Kier alpha value is -0.0800. The molecule has 11 heavy (non-hydrogen) atoms. The van der Waals surface area contributed by atoms with E-state index in [1.165, 1.54) is 0 Å². The van der Waals surface area contributed by atoms with Gasteiger partial charge in [0.15, 0.2) is 0 Å². The first-order chi connectivity index (χ1) is 5.26. The number of hydrogen-bond donors (Lipinski definition) is 0. The van der Waals surface area contributed by atoms with Crippen LogP contribution in [0.1, 0.15) is 34.1 Å². The van der Waals surface area contributed by atoms with E-state index in [2.05, 4.69) is 32.6 Å². The minimum absolute atomic E-state index is 0.282. The molecule has 0 N–H and O–H groups in total. The normalized spacial score (nSPS) is 13.9. The van der Waals surface area contributed by atoms with Crippen LogP contribution in [0.4, 0.5) is 0 Å². The molecule has 2 nitrogen and oxygen atoms in total. The topological polar surface area (TPSA) is 12.5 Å². The van der Waals surface area contributed by atoms with Crippen molar-refractivity contribution >= 4 is 0 Å². The summed E-state index contributed by atoms with van der Waals surface area (Å²) in [6.45, 7) is 11.6. The van der Waals surface area contributed by atoms with Crippen molar-refractivity contribution in [3.05, 3.63) is 0 Å². The molecule has 0 heterocycles. The summed E-state index contributed by atoms with van der Waals surface area (Å²) in [5, 5.41) is 0. The standard InChI is InChI=1S/C9H21NO/c1-5-8-11-9(4)10(6-2)7-3/h9H,5-8H2,1-4H3. The lowest BCUT2D eigenvalue weighted by Crippen LogP contribution is -2.34. The van der Waals surface area contributed by atoms with Crippen LogP contribution in [0.3, 0.4) is 0 Å². The van der Waals surface area contributed by atoms with Crippen LogP contribution in [-0.2, 0) is 4.74 Å². The van der Waals surface area contributed by atoms with Gasteiger partial charge in [0.1, 0.15) is 6.23 Å². The highest BCUT2D eigenvalue weighted by Crippen LogP contribution is 1.99. The predicted octanol–water partition coefficient (Wildman–Crippen LogP) is 2.10. The first-order valence-electron chi connectivity index (χ1n) is 4.61. The third kappa shape index (κ3) is 4.38. The number of ether oxygens (including phenoxy) is 1. The van der Waals surface area contributed by atoms with Crippen molar-refractivity contribution in [2.45, 2.75) is 40.3 Å². The van der Waals surface area contributed by atoms with E-state index in [-0.39, 0.29) is 6.23 Å². The van der Waals surface area contributed by atoms with Gasteiger partial charge >= 0.3 is 0 Å². The largest absolute Gasteiger partial charge is 0.363 e. The van der Waals surface area contributed by atoms with E-state index in [0.717, 1.165) is 26.1 Å². The molecule has 0 aromatic carbocycles. The summed E-state index contributed by atoms with van der Waals surface area (Å²) in [6, 6.07) is 0. The first kappa shape index (κ1) is 10.9. The SMILES string of the molecule is CCCOC(C)N(CC)CC. The summed E-state index contributed by atoms with van der Waals surface area (Å²) < 4.78 is 5.56. The Kier molecular flexibility index (Phi) is 6.57. The molecule has 1 atom stereocenters. The summed E-state index contributed by atoms with van der Waals surface area (Å²) in [7, 11) is 0. The molecule has 0 radical (unpaired) electrons. The van der Waals surface area contributed by atoms with E-state index in [1.54, 1.807) is 0 Å². The van der Waals surface area contributed by atoms with Gasteiger partial charge in [-0.2, -0.15) is 0 Å². The summed E-state index contributed by atoms with van der Waals surface area (Å²) in [4.78, 5) is 2.30. The van der Waals surface area contributed by atoms with Gasteiger partial charge in [0.25, 0.3) is 0 Å². The minimum Gasteiger partial charge on any atom is -0.363 e. The van der Waals surface area contributed by atoms with Gasteiger partial charge in [-0.3, -0.25) is 4.90 Å². The van der Waals surface area contributed by atoms with E-state index < -0.39 is 0 Å². The Labute approximate surface area is 70.5 Å². The number of nitrogens with zero attached hydrogens (tertiary/aromatic N) is 1. The second-order valence-corrected chi connectivity index (χ2v) is 2.69. The fourth-order valence-corrected chi connectivity index (χ4v) is 1.13. The molecule has 0 fully saturated rings. The van der Waals surface area contributed by atoms with Crippen LogP contribution in [0.5, 0.6) is 0 Å². The Morgan fingerprint density at radius 3 is 2.09 bits per heavy atom. The van der Waals surface area contributed by atoms with E-state index in [0.29, 0.717) is 0 Å². The summed E-state index contributed by atoms with van der Waals surface area (Å²) >= 11 is 0. The Morgan fingerprint density at radius 1 is 1.18 bits per heavy atom. The summed E-state index contributed by atoms with van der Waals surface area (Å²) in [5.74, 6) is 0. The molecule has 0 rings (SSSR count). The minimum atomic E-state index is 0.282. The van der Waals surface area contributed by atoms with Crippen molar-refractivity contribution in [3.8, 4) is 0 Å². The Bertz CT molecular complexity index is 81.6. The van der Waals surface area contributed by atoms with Crippen molar-refractivity contribution < 1.29 is 4.74 Å². The fourth-order valence-electron chi connectivity index (χ4n) is 1.13. The highest BCUT2D eigenvalue weighted by Gasteiger charge is 2.08. The van der Waals surface area contributed by atoms with E-state index in [1.807, 2.05) is 0 Å². The maximum Gasteiger partial charge on any atom is 0.107 e. The second-order valence-electron chi connectivity index (χ2n) is 2.69. The summed E-state index contributed by atoms with van der Waals surface area (Å²) in [5.41, 5.74) is 0. The highest BCUT2D eigenvalue weighted by molar-refractivity contribution is 4.53. The van der Waals surface area contributed by atoms with E-state index in [9.17, 15) is 0 Å². The zero-order chi connectivity index (χ0) is 8.69. The molecule has 0 aromatic rings. The molecule has 0 aliphatic carbocycles. The van der Waals surface area contributed by atoms with Crippen LogP contribution in [-0.4, -0.2) is 30.8 Å². The van der Waals surface area contributed by atoms with Gasteiger partial charge < -0.3 is 4.74 Å². The molecule has 0 saturated carbocycles. The first-order valence-corrected chi connectivity index (χ1v) is 4.61. The zero-order valence-electron chi connectivity index (χ0n) is 8.26. The average Bonchev–Trinajstić information content (AvgIpc) is 2.03. The van der Waals surface area contributed by atoms with Crippen molar-refractivity contribution in [2.75, 3.05) is 19.7 Å². The monoisotopic (exact) mass is 159 g/mol. The molecular formula is C9H21NO. The van der Waals surface area contributed by atoms with Gasteiger partial charge in [-0.15, -0.1) is 0 Å². The van der Waals surface area contributed by atoms with E-state index >= 15 is 0 Å². The molecular weight excluding hydrogens is 138 g/mol. The number of hydrogen-bond acceptors (Lipinski definition) is 2. The summed E-state index contributed by atoms with van der Waals surface area (Å²) in [6.07, 6.45) is 1.39. The van der Waals surface area contributed by atoms with Gasteiger partial charge in [-0.25, -0.2) is 0 Å².